The van der Waals surface area contributed by atoms with Crippen molar-refractivity contribution in [3.05, 3.63) is 47.5 Å². The Kier molecular flexibility index (Phi) is 5.78. The Morgan fingerprint density at radius 3 is 1.96 bits per heavy atom. The molecule has 0 spiro atoms. The molecule has 0 fully saturated rings. The molecule has 2 aromatic carbocycles. The summed E-state index contributed by atoms with van der Waals surface area (Å²) in [5.41, 5.74) is 8.36. The highest BCUT2D eigenvalue weighted by atomic mass is 16.5. The van der Waals surface area contributed by atoms with Gasteiger partial charge in [0.05, 0.1) is 6.10 Å². The first kappa shape index (κ1) is 17.5. The maximum atomic E-state index is 11.8. The van der Waals surface area contributed by atoms with Gasteiger partial charge < -0.3 is 10.5 Å². The fourth-order valence-corrected chi connectivity index (χ4v) is 2.73. The van der Waals surface area contributed by atoms with E-state index in [1.807, 2.05) is 19.9 Å². The van der Waals surface area contributed by atoms with E-state index in [0.29, 0.717) is 12.3 Å². The maximum absolute atomic E-state index is 11.8. The SMILES string of the molecule is CC(C)Cc1ccc2cc(CC(N)C(=O)OC(C)C)ccc2c1. The molecular formula is C20H27NO2. The molecule has 0 aliphatic heterocycles. The van der Waals surface area contributed by atoms with Gasteiger partial charge in [0.2, 0.25) is 0 Å². The topological polar surface area (TPSA) is 52.3 Å². The second-order valence-corrected chi connectivity index (χ2v) is 6.91. The fourth-order valence-electron chi connectivity index (χ4n) is 2.73. The quantitative estimate of drug-likeness (QED) is 0.824. The molecule has 0 saturated carbocycles. The van der Waals surface area contributed by atoms with E-state index in [-0.39, 0.29) is 12.1 Å². The Morgan fingerprint density at radius 2 is 1.48 bits per heavy atom. The predicted octanol–water partition coefficient (Wildman–Crippen LogP) is 3.86. The number of nitrogens with two attached hydrogens (primary N) is 1. The highest BCUT2D eigenvalue weighted by Crippen LogP contribution is 2.20. The molecule has 0 amide bonds. The van der Waals surface area contributed by atoms with Gasteiger partial charge in [0, 0.05) is 0 Å². The summed E-state index contributed by atoms with van der Waals surface area (Å²) in [4.78, 5) is 11.8. The summed E-state index contributed by atoms with van der Waals surface area (Å²) in [6.07, 6.45) is 1.45. The van der Waals surface area contributed by atoms with Crippen LogP contribution in [-0.4, -0.2) is 18.1 Å². The molecule has 0 saturated heterocycles. The number of esters is 1. The second kappa shape index (κ2) is 7.60. The Morgan fingerprint density at radius 1 is 0.957 bits per heavy atom. The van der Waals surface area contributed by atoms with Gasteiger partial charge >= 0.3 is 5.97 Å². The summed E-state index contributed by atoms with van der Waals surface area (Å²) >= 11 is 0. The zero-order valence-electron chi connectivity index (χ0n) is 14.5. The summed E-state index contributed by atoms with van der Waals surface area (Å²) in [5.74, 6) is 0.309. The van der Waals surface area contributed by atoms with Gasteiger partial charge in [-0.05, 0) is 54.5 Å². The minimum absolute atomic E-state index is 0.135. The molecule has 0 radical (unpaired) electrons. The minimum atomic E-state index is -0.616. The smallest absolute Gasteiger partial charge is 0.323 e. The van der Waals surface area contributed by atoms with Gasteiger partial charge in [0.25, 0.3) is 0 Å². The van der Waals surface area contributed by atoms with Crippen LogP contribution < -0.4 is 5.73 Å². The Bertz CT molecular complexity index is 676. The van der Waals surface area contributed by atoms with Crippen molar-refractivity contribution in [3.63, 3.8) is 0 Å². The van der Waals surface area contributed by atoms with Crippen LogP contribution >= 0.6 is 0 Å². The Balaban J connectivity index is 2.12. The first-order chi connectivity index (χ1) is 10.8. The largest absolute Gasteiger partial charge is 0.462 e. The van der Waals surface area contributed by atoms with Gasteiger partial charge in [-0.1, -0.05) is 50.2 Å². The van der Waals surface area contributed by atoms with Gasteiger partial charge in [-0.2, -0.15) is 0 Å². The van der Waals surface area contributed by atoms with Crippen molar-refractivity contribution in [2.24, 2.45) is 11.7 Å². The first-order valence-electron chi connectivity index (χ1n) is 8.33. The van der Waals surface area contributed by atoms with Crippen LogP contribution in [0.5, 0.6) is 0 Å². The molecule has 1 unspecified atom stereocenters. The number of hydrogen-bond donors (Lipinski definition) is 1. The van der Waals surface area contributed by atoms with Crippen LogP contribution in [-0.2, 0) is 22.4 Å². The minimum Gasteiger partial charge on any atom is -0.462 e. The maximum Gasteiger partial charge on any atom is 0.323 e. The lowest BCUT2D eigenvalue weighted by molar-refractivity contribution is -0.148. The second-order valence-electron chi connectivity index (χ2n) is 6.91. The molecule has 124 valence electrons. The molecule has 0 aromatic heterocycles. The summed E-state index contributed by atoms with van der Waals surface area (Å²) in [6, 6.07) is 12.2. The van der Waals surface area contributed by atoms with Crippen LogP contribution in [0.15, 0.2) is 36.4 Å². The summed E-state index contributed by atoms with van der Waals surface area (Å²) in [6.45, 7) is 8.11. The van der Waals surface area contributed by atoms with Crippen LogP contribution in [0.1, 0.15) is 38.8 Å². The molecule has 0 aliphatic carbocycles. The van der Waals surface area contributed by atoms with Gasteiger partial charge in [-0.3, -0.25) is 4.79 Å². The van der Waals surface area contributed by atoms with E-state index in [0.717, 1.165) is 12.0 Å². The van der Waals surface area contributed by atoms with Crippen LogP contribution in [0.2, 0.25) is 0 Å². The lowest BCUT2D eigenvalue weighted by Gasteiger charge is -2.14. The van der Waals surface area contributed by atoms with Crippen molar-refractivity contribution in [3.8, 4) is 0 Å². The number of hydrogen-bond acceptors (Lipinski definition) is 3. The third kappa shape index (κ3) is 5.07. The van der Waals surface area contributed by atoms with Crippen molar-refractivity contribution in [1.29, 1.82) is 0 Å². The highest BCUT2D eigenvalue weighted by molar-refractivity contribution is 5.84. The Hall–Kier alpha value is -1.87. The molecule has 0 heterocycles. The fraction of sp³-hybridized carbons (Fsp3) is 0.450. The molecule has 0 bridgehead atoms. The first-order valence-corrected chi connectivity index (χ1v) is 8.33. The number of fused-ring (bicyclic) bond motifs is 1. The van der Waals surface area contributed by atoms with Crippen molar-refractivity contribution in [1.82, 2.24) is 0 Å². The average molecular weight is 313 g/mol. The molecule has 2 aromatic rings. The Labute approximate surface area is 138 Å². The van der Waals surface area contributed by atoms with Gasteiger partial charge in [0.15, 0.2) is 0 Å². The van der Waals surface area contributed by atoms with Crippen molar-refractivity contribution in [2.45, 2.75) is 52.7 Å². The molecule has 3 nitrogen and oxygen atoms in total. The van der Waals surface area contributed by atoms with E-state index in [4.69, 9.17) is 10.5 Å². The number of ether oxygens (including phenoxy) is 1. The number of carbonyl (C=O) groups is 1. The van der Waals surface area contributed by atoms with E-state index in [2.05, 4.69) is 44.2 Å². The molecular weight excluding hydrogens is 286 g/mol. The zero-order valence-corrected chi connectivity index (χ0v) is 14.5. The van der Waals surface area contributed by atoms with Gasteiger partial charge in [-0.15, -0.1) is 0 Å². The van der Waals surface area contributed by atoms with E-state index < -0.39 is 6.04 Å². The lowest BCUT2D eigenvalue weighted by Crippen LogP contribution is -2.35. The normalized spacial score (nSPS) is 12.8. The molecule has 3 heteroatoms. The molecule has 23 heavy (non-hydrogen) atoms. The lowest BCUT2D eigenvalue weighted by atomic mass is 9.97. The van der Waals surface area contributed by atoms with E-state index in [1.54, 1.807) is 0 Å². The monoisotopic (exact) mass is 313 g/mol. The van der Waals surface area contributed by atoms with Crippen LogP contribution in [0.25, 0.3) is 10.8 Å². The van der Waals surface area contributed by atoms with Crippen molar-refractivity contribution < 1.29 is 9.53 Å². The van der Waals surface area contributed by atoms with Crippen LogP contribution in [0, 0.1) is 5.92 Å². The summed E-state index contributed by atoms with van der Waals surface area (Å²) < 4.78 is 5.16. The zero-order chi connectivity index (χ0) is 17.0. The van der Waals surface area contributed by atoms with Crippen LogP contribution in [0.4, 0.5) is 0 Å². The van der Waals surface area contributed by atoms with E-state index in [1.165, 1.54) is 16.3 Å². The molecule has 0 aliphatic rings. The highest BCUT2D eigenvalue weighted by Gasteiger charge is 2.17. The van der Waals surface area contributed by atoms with Gasteiger partial charge in [0.1, 0.15) is 6.04 Å². The number of rotatable bonds is 6. The van der Waals surface area contributed by atoms with Gasteiger partial charge in [-0.25, -0.2) is 0 Å². The molecule has 2 N–H and O–H groups in total. The third-order valence-corrected chi connectivity index (χ3v) is 3.72. The number of carbonyl (C=O) groups excluding carboxylic acids is 1. The standard InChI is InChI=1S/C20H27NO2/c1-13(2)9-15-5-7-18-11-16(6-8-17(18)10-15)12-19(21)20(22)23-14(3)4/h5-8,10-11,13-14,19H,9,12,21H2,1-4H3. The van der Waals surface area contributed by atoms with Crippen molar-refractivity contribution in [2.75, 3.05) is 0 Å². The van der Waals surface area contributed by atoms with Crippen LogP contribution in [0.3, 0.4) is 0 Å². The van der Waals surface area contributed by atoms with Crippen molar-refractivity contribution >= 4 is 16.7 Å². The van der Waals surface area contributed by atoms with E-state index in [9.17, 15) is 4.79 Å². The summed E-state index contributed by atoms with van der Waals surface area (Å²) in [7, 11) is 0. The summed E-state index contributed by atoms with van der Waals surface area (Å²) in [5, 5.41) is 2.41. The number of benzene rings is 2. The molecule has 1 atom stereocenters. The average Bonchev–Trinajstić information content (AvgIpc) is 2.46. The third-order valence-electron chi connectivity index (χ3n) is 3.72. The molecule has 2 rings (SSSR count). The predicted molar refractivity (Wildman–Crippen MR) is 95.4 cm³/mol. The van der Waals surface area contributed by atoms with E-state index >= 15 is 0 Å².